The maximum atomic E-state index is 13.5. The minimum Gasteiger partial charge on any atom is -0.475 e. The Morgan fingerprint density at radius 1 is 1.16 bits per heavy atom. The summed E-state index contributed by atoms with van der Waals surface area (Å²) >= 11 is 0. The van der Waals surface area contributed by atoms with Crippen LogP contribution in [0.1, 0.15) is 74.3 Å². The molecule has 1 spiro atoms. The van der Waals surface area contributed by atoms with Crippen molar-refractivity contribution in [2.24, 2.45) is 13.0 Å². The Balaban J connectivity index is 0.000000479. The average molecular weight is 526 g/mol. The highest BCUT2D eigenvalue weighted by atomic mass is 19.4. The summed E-state index contributed by atoms with van der Waals surface area (Å²) in [5.74, 6) is -0.871. The standard InChI is InChI=1S/C24H37N5O.C2HF3O2/c1-17(2)14-27-12-9-24(10-13-27)16-28(23(30)20-8-7-11-26(20)6)15-21-22(24)25-19(5)29(21)18(3)4;3-2(4,5)1(6)7/h7-8,11,17-18H,9-10,12-16H2,1-6H3;(H,6,7). The third kappa shape index (κ3) is 6.19. The highest BCUT2D eigenvalue weighted by molar-refractivity contribution is 5.93. The van der Waals surface area contributed by atoms with Crippen LogP contribution in [0.3, 0.4) is 0 Å². The van der Waals surface area contributed by atoms with E-state index in [4.69, 9.17) is 14.9 Å². The number of piperidine rings is 1. The Bertz CT molecular complexity index is 1110. The van der Waals surface area contributed by atoms with Gasteiger partial charge >= 0.3 is 12.1 Å². The maximum absolute atomic E-state index is 13.5. The van der Waals surface area contributed by atoms with E-state index in [1.165, 1.54) is 11.4 Å². The van der Waals surface area contributed by atoms with E-state index in [1.54, 1.807) is 0 Å². The molecule has 4 heterocycles. The molecular formula is C26H38F3N5O3. The zero-order chi connectivity index (χ0) is 27.7. The number of fused-ring (bicyclic) bond motifs is 2. The van der Waals surface area contributed by atoms with Crippen LogP contribution in [0.15, 0.2) is 18.3 Å². The summed E-state index contributed by atoms with van der Waals surface area (Å²) in [5, 5.41) is 7.12. The van der Waals surface area contributed by atoms with Gasteiger partial charge in [-0.05, 0) is 64.8 Å². The average Bonchev–Trinajstić information content (AvgIpc) is 3.37. The van der Waals surface area contributed by atoms with Crippen molar-refractivity contribution in [2.75, 3.05) is 26.2 Å². The maximum Gasteiger partial charge on any atom is 0.490 e. The van der Waals surface area contributed by atoms with Gasteiger partial charge < -0.3 is 24.0 Å². The second-order valence-corrected chi connectivity index (χ2v) is 10.9. The Labute approximate surface area is 216 Å². The Hall–Kier alpha value is -2.82. The zero-order valence-electron chi connectivity index (χ0n) is 22.5. The number of hydrogen-bond donors (Lipinski definition) is 1. The van der Waals surface area contributed by atoms with Gasteiger partial charge in [-0.25, -0.2) is 9.78 Å². The molecule has 11 heteroatoms. The molecule has 0 bridgehead atoms. The van der Waals surface area contributed by atoms with Crippen LogP contribution in [0, 0.1) is 12.8 Å². The number of aliphatic carboxylic acids is 1. The topological polar surface area (TPSA) is 83.6 Å². The minimum absolute atomic E-state index is 0.0349. The SMILES string of the molecule is Cc1nc2c(n1C(C)C)CN(C(=O)c1cccn1C)CC21CCN(CC(C)C)CC1.O=C(O)C(F)(F)F. The molecule has 0 radical (unpaired) electrons. The first-order valence-corrected chi connectivity index (χ1v) is 12.7. The van der Waals surface area contributed by atoms with Crippen LogP contribution in [0.25, 0.3) is 0 Å². The van der Waals surface area contributed by atoms with Gasteiger partial charge in [-0.15, -0.1) is 0 Å². The van der Waals surface area contributed by atoms with Gasteiger partial charge in [0.1, 0.15) is 11.5 Å². The number of aromatic nitrogens is 3. The molecule has 1 amide bonds. The molecule has 0 aliphatic carbocycles. The lowest BCUT2D eigenvalue weighted by Gasteiger charge is -2.47. The molecule has 1 saturated heterocycles. The molecule has 0 atom stereocenters. The second kappa shape index (κ2) is 10.9. The van der Waals surface area contributed by atoms with Crippen molar-refractivity contribution in [2.45, 2.75) is 71.6 Å². The molecule has 0 saturated carbocycles. The van der Waals surface area contributed by atoms with Gasteiger partial charge in [0.25, 0.3) is 5.91 Å². The number of carboxylic acids is 1. The van der Waals surface area contributed by atoms with E-state index in [0.717, 1.165) is 50.5 Å². The molecule has 4 rings (SSSR count). The number of halogens is 3. The number of hydrogen-bond acceptors (Lipinski definition) is 4. The molecule has 37 heavy (non-hydrogen) atoms. The predicted molar refractivity (Wildman–Crippen MR) is 133 cm³/mol. The predicted octanol–water partition coefficient (Wildman–Crippen LogP) is 4.39. The number of imidazole rings is 1. The van der Waals surface area contributed by atoms with Crippen LogP contribution in [0.2, 0.25) is 0 Å². The highest BCUT2D eigenvalue weighted by Gasteiger charge is 2.46. The lowest BCUT2D eigenvalue weighted by Crippen LogP contribution is -2.54. The number of aryl methyl sites for hydroxylation is 2. The number of rotatable bonds is 4. The van der Waals surface area contributed by atoms with Crippen molar-refractivity contribution in [3.63, 3.8) is 0 Å². The number of carbonyl (C=O) groups excluding carboxylic acids is 1. The molecule has 8 nitrogen and oxygen atoms in total. The lowest BCUT2D eigenvalue weighted by molar-refractivity contribution is -0.192. The van der Waals surface area contributed by atoms with Gasteiger partial charge in [0, 0.05) is 37.8 Å². The van der Waals surface area contributed by atoms with Crippen LogP contribution >= 0.6 is 0 Å². The number of amides is 1. The van der Waals surface area contributed by atoms with Crippen molar-refractivity contribution >= 4 is 11.9 Å². The summed E-state index contributed by atoms with van der Waals surface area (Å²) in [7, 11) is 1.95. The van der Waals surface area contributed by atoms with Crippen molar-refractivity contribution in [1.29, 1.82) is 0 Å². The number of likely N-dealkylation sites (tertiary alicyclic amines) is 1. The molecular weight excluding hydrogens is 487 g/mol. The van der Waals surface area contributed by atoms with Crippen LogP contribution < -0.4 is 0 Å². The Morgan fingerprint density at radius 2 is 1.76 bits per heavy atom. The summed E-state index contributed by atoms with van der Waals surface area (Å²) in [4.78, 5) is 32.1. The van der Waals surface area contributed by atoms with Gasteiger partial charge in [-0.3, -0.25) is 4.79 Å². The molecule has 2 aromatic heterocycles. The van der Waals surface area contributed by atoms with E-state index < -0.39 is 12.1 Å². The summed E-state index contributed by atoms with van der Waals surface area (Å²) in [6, 6.07) is 4.22. The van der Waals surface area contributed by atoms with E-state index in [-0.39, 0.29) is 11.3 Å². The first-order valence-electron chi connectivity index (χ1n) is 12.7. The zero-order valence-corrected chi connectivity index (χ0v) is 22.5. The molecule has 1 fully saturated rings. The smallest absolute Gasteiger partial charge is 0.475 e. The molecule has 0 aromatic carbocycles. The number of carbonyl (C=O) groups is 2. The molecule has 0 unspecified atom stereocenters. The molecule has 2 aliphatic rings. The fourth-order valence-electron chi connectivity index (χ4n) is 5.59. The summed E-state index contributed by atoms with van der Waals surface area (Å²) < 4.78 is 36.0. The van der Waals surface area contributed by atoms with Crippen molar-refractivity contribution in [3.05, 3.63) is 41.2 Å². The number of alkyl halides is 3. The van der Waals surface area contributed by atoms with E-state index in [2.05, 4.69) is 49.0 Å². The number of carboxylic acid groups (broad SMARTS) is 1. The van der Waals surface area contributed by atoms with E-state index >= 15 is 0 Å². The van der Waals surface area contributed by atoms with E-state index in [9.17, 15) is 18.0 Å². The first kappa shape index (κ1) is 28.7. The van der Waals surface area contributed by atoms with E-state index in [1.807, 2.05) is 29.9 Å². The van der Waals surface area contributed by atoms with Gasteiger partial charge in [0.15, 0.2) is 0 Å². The van der Waals surface area contributed by atoms with Crippen molar-refractivity contribution < 1.29 is 27.9 Å². The van der Waals surface area contributed by atoms with E-state index in [0.29, 0.717) is 18.5 Å². The molecule has 2 aromatic rings. The van der Waals surface area contributed by atoms with Crippen LogP contribution in [0.4, 0.5) is 13.2 Å². The Morgan fingerprint density at radius 3 is 2.22 bits per heavy atom. The third-order valence-electron chi connectivity index (χ3n) is 7.17. The van der Waals surface area contributed by atoms with Crippen LogP contribution in [-0.2, 0) is 23.8 Å². The molecule has 2 aliphatic heterocycles. The van der Waals surface area contributed by atoms with Crippen LogP contribution in [0.5, 0.6) is 0 Å². The largest absolute Gasteiger partial charge is 0.490 e. The van der Waals surface area contributed by atoms with Crippen molar-refractivity contribution in [1.82, 2.24) is 23.9 Å². The fraction of sp³-hybridized carbons (Fsp3) is 0.654. The van der Waals surface area contributed by atoms with Gasteiger partial charge in [-0.1, -0.05) is 13.8 Å². The van der Waals surface area contributed by atoms with Gasteiger partial charge in [0.2, 0.25) is 0 Å². The minimum atomic E-state index is -5.08. The summed E-state index contributed by atoms with van der Waals surface area (Å²) in [6.07, 6.45) is -0.998. The molecule has 1 N–H and O–H groups in total. The first-order chi connectivity index (χ1) is 17.2. The van der Waals surface area contributed by atoms with Gasteiger partial charge in [0.05, 0.1) is 17.9 Å². The quantitative estimate of drug-likeness (QED) is 0.640. The summed E-state index contributed by atoms with van der Waals surface area (Å²) in [5.41, 5.74) is 3.23. The Kier molecular flexibility index (Phi) is 8.46. The lowest BCUT2D eigenvalue weighted by atomic mass is 9.72. The highest BCUT2D eigenvalue weighted by Crippen LogP contribution is 2.43. The second-order valence-electron chi connectivity index (χ2n) is 10.9. The van der Waals surface area contributed by atoms with Crippen LogP contribution in [-0.4, -0.2) is 73.3 Å². The van der Waals surface area contributed by atoms with Gasteiger partial charge in [-0.2, -0.15) is 13.2 Å². The number of nitrogens with zero attached hydrogens (tertiary/aromatic N) is 5. The molecule has 206 valence electrons. The van der Waals surface area contributed by atoms with Crippen molar-refractivity contribution in [3.8, 4) is 0 Å². The fourth-order valence-corrected chi connectivity index (χ4v) is 5.59. The monoisotopic (exact) mass is 525 g/mol. The summed E-state index contributed by atoms with van der Waals surface area (Å²) in [6.45, 7) is 15.8. The normalized spacial score (nSPS) is 17.6. The third-order valence-corrected chi connectivity index (χ3v) is 7.17.